The summed E-state index contributed by atoms with van der Waals surface area (Å²) >= 11 is 1.45. The third-order valence-corrected chi connectivity index (χ3v) is 9.57. The number of aromatic nitrogens is 2. The first-order valence-electron chi connectivity index (χ1n) is 12.0. The molecule has 1 aliphatic rings. The highest BCUT2D eigenvalue weighted by molar-refractivity contribution is 7.89. The summed E-state index contributed by atoms with van der Waals surface area (Å²) in [4.78, 5) is 24.7. The molecule has 0 spiro atoms. The van der Waals surface area contributed by atoms with Gasteiger partial charge in [-0.1, -0.05) is 36.5 Å². The molecule has 1 amide bonds. The second-order valence-electron chi connectivity index (χ2n) is 9.24. The van der Waals surface area contributed by atoms with Gasteiger partial charge in [0.25, 0.3) is 5.91 Å². The second kappa shape index (κ2) is 10.1. The van der Waals surface area contributed by atoms with Crippen LogP contribution in [0.5, 0.6) is 0 Å². The van der Waals surface area contributed by atoms with Gasteiger partial charge in [0.05, 0.1) is 27.4 Å². The fourth-order valence-electron chi connectivity index (χ4n) is 4.37. The minimum Gasteiger partial charge on any atom is -0.278 e. The van der Waals surface area contributed by atoms with Gasteiger partial charge in [-0.25, -0.2) is 13.4 Å². The van der Waals surface area contributed by atoms with Gasteiger partial charge in [0.15, 0.2) is 5.13 Å². The Labute approximate surface area is 215 Å². The predicted molar refractivity (Wildman–Crippen MR) is 143 cm³/mol. The van der Waals surface area contributed by atoms with E-state index in [1.807, 2.05) is 43.3 Å². The van der Waals surface area contributed by atoms with Gasteiger partial charge in [0, 0.05) is 24.8 Å². The molecule has 0 N–H and O–H groups in total. The molecule has 0 saturated carbocycles. The van der Waals surface area contributed by atoms with Gasteiger partial charge in [-0.3, -0.25) is 14.7 Å². The van der Waals surface area contributed by atoms with Crippen LogP contribution in [0.25, 0.3) is 10.2 Å². The number of anilines is 1. The normalized spacial score (nSPS) is 15.3. The lowest BCUT2D eigenvalue weighted by atomic mass is 10.0. The van der Waals surface area contributed by atoms with Crippen molar-refractivity contribution in [2.45, 2.75) is 38.1 Å². The average molecular weight is 521 g/mol. The zero-order valence-corrected chi connectivity index (χ0v) is 21.9. The van der Waals surface area contributed by atoms with Crippen LogP contribution in [0, 0.1) is 12.8 Å². The molecule has 9 heteroatoms. The van der Waals surface area contributed by atoms with Gasteiger partial charge in [0.2, 0.25) is 10.0 Å². The van der Waals surface area contributed by atoms with Crippen LogP contribution in [0.4, 0.5) is 5.13 Å². The summed E-state index contributed by atoms with van der Waals surface area (Å²) in [5, 5.41) is 0.578. The number of carbonyl (C=O) groups excluding carboxylic acids is 1. The molecule has 1 aliphatic heterocycles. The van der Waals surface area contributed by atoms with E-state index in [0.29, 0.717) is 29.7 Å². The molecule has 186 valence electrons. The zero-order chi connectivity index (χ0) is 25.3. The van der Waals surface area contributed by atoms with E-state index in [4.69, 9.17) is 4.98 Å². The fourth-order valence-corrected chi connectivity index (χ4v) is 6.88. The monoisotopic (exact) mass is 520 g/mol. The third-order valence-electron chi connectivity index (χ3n) is 6.61. The van der Waals surface area contributed by atoms with Gasteiger partial charge >= 0.3 is 0 Å². The number of hydrogen-bond donors (Lipinski definition) is 0. The van der Waals surface area contributed by atoms with Crippen LogP contribution < -0.4 is 4.90 Å². The molecule has 0 bridgehead atoms. The number of hydrogen-bond acceptors (Lipinski definition) is 6. The highest BCUT2D eigenvalue weighted by Gasteiger charge is 2.29. The number of aryl methyl sites for hydroxylation is 1. The topological polar surface area (TPSA) is 83.5 Å². The van der Waals surface area contributed by atoms with Crippen molar-refractivity contribution in [3.8, 4) is 0 Å². The molecule has 36 heavy (non-hydrogen) atoms. The highest BCUT2D eigenvalue weighted by atomic mass is 32.2. The maximum absolute atomic E-state index is 13.7. The number of fused-ring (bicyclic) bond motifs is 1. The molecule has 1 fully saturated rings. The molecule has 4 aromatic rings. The lowest BCUT2D eigenvalue weighted by Crippen LogP contribution is -2.37. The fraction of sp³-hybridized carbons (Fsp3) is 0.296. The molecule has 0 radical (unpaired) electrons. The number of nitrogens with zero attached hydrogens (tertiary/aromatic N) is 4. The standard InChI is InChI=1S/C27H28N4O3S2/c1-19-13-16-30(17-14-19)36(33,34)23-11-9-21(10-12-23)26(32)31(18-22-7-3-4-15-28-22)27-29-25-20(2)6-5-8-24(25)35-27/h3-12,15,19H,13-14,16-18H2,1-2H3. The van der Waals surface area contributed by atoms with Crippen LogP contribution >= 0.6 is 11.3 Å². The van der Waals surface area contributed by atoms with Crippen LogP contribution in [-0.2, 0) is 16.6 Å². The number of rotatable bonds is 6. The first-order chi connectivity index (χ1) is 17.3. The number of sulfonamides is 1. The van der Waals surface area contributed by atoms with Crippen LogP contribution in [-0.4, -0.2) is 41.7 Å². The Balaban J connectivity index is 1.45. The van der Waals surface area contributed by atoms with E-state index in [9.17, 15) is 13.2 Å². The largest absolute Gasteiger partial charge is 0.278 e. The van der Waals surface area contributed by atoms with Crippen molar-refractivity contribution in [1.29, 1.82) is 0 Å². The van der Waals surface area contributed by atoms with E-state index in [1.54, 1.807) is 27.5 Å². The minimum atomic E-state index is -3.58. The van der Waals surface area contributed by atoms with Crippen LogP contribution in [0.15, 0.2) is 71.8 Å². The summed E-state index contributed by atoms with van der Waals surface area (Å²) < 4.78 is 28.8. The van der Waals surface area contributed by atoms with Crippen LogP contribution in [0.1, 0.15) is 41.4 Å². The van der Waals surface area contributed by atoms with Crippen LogP contribution in [0.2, 0.25) is 0 Å². The Hall–Kier alpha value is -3.14. The molecule has 1 saturated heterocycles. The summed E-state index contributed by atoms with van der Waals surface area (Å²) in [5.41, 5.74) is 3.05. The highest BCUT2D eigenvalue weighted by Crippen LogP contribution is 2.32. The van der Waals surface area contributed by atoms with Crippen molar-refractivity contribution in [2.75, 3.05) is 18.0 Å². The molecule has 5 rings (SSSR count). The van der Waals surface area contributed by atoms with Gasteiger partial charge in [-0.2, -0.15) is 4.31 Å². The number of pyridine rings is 1. The number of benzene rings is 2. The van der Waals surface area contributed by atoms with Gasteiger partial charge < -0.3 is 0 Å². The van der Waals surface area contributed by atoms with Crippen molar-refractivity contribution in [2.24, 2.45) is 5.92 Å². The molecule has 3 heterocycles. The molecular weight excluding hydrogens is 492 g/mol. The third kappa shape index (κ3) is 4.91. The summed E-state index contributed by atoms with van der Waals surface area (Å²) in [5.74, 6) is 0.279. The van der Waals surface area contributed by atoms with Crippen molar-refractivity contribution in [1.82, 2.24) is 14.3 Å². The summed E-state index contributed by atoms with van der Waals surface area (Å²) in [6, 6.07) is 17.8. The Kier molecular flexibility index (Phi) is 6.87. The maximum Gasteiger partial charge on any atom is 0.260 e. The summed E-state index contributed by atoms with van der Waals surface area (Å²) in [6.45, 7) is 5.45. The lowest BCUT2D eigenvalue weighted by Gasteiger charge is -2.29. The number of piperidine rings is 1. The van der Waals surface area contributed by atoms with Gasteiger partial charge in [0.1, 0.15) is 0 Å². The maximum atomic E-state index is 13.7. The van der Waals surface area contributed by atoms with Gasteiger partial charge in [-0.15, -0.1) is 0 Å². The first-order valence-corrected chi connectivity index (χ1v) is 14.3. The summed E-state index contributed by atoms with van der Waals surface area (Å²) in [7, 11) is -3.58. The number of carbonyl (C=O) groups is 1. The Morgan fingerprint density at radius 3 is 2.47 bits per heavy atom. The molecular formula is C27H28N4O3S2. The van der Waals surface area contributed by atoms with E-state index in [1.165, 1.54) is 23.5 Å². The van der Waals surface area contributed by atoms with E-state index in [2.05, 4.69) is 11.9 Å². The average Bonchev–Trinajstić information content (AvgIpc) is 3.33. The van der Waals surface area contributed by atoms with Crippen LogP contribution in [0.3, 0.4) is 0 Å². The molecule has 0 unspecified atom stereocenters. The number of amides is 1. The number of thiazole rings is 1. The molecule has 2 aromatic carbocycles. The van der Waals surface area contributed by atoms with E-state index < -0.39 is 10.0 Å². The smallest absolute Gasteiger partial charge is 0.260 e. The quantitative estimate of drug-likeness (QED) is 0.346. The zero-order valence-electron chi connectivity index (χ0n) is 20.3. The van der Waals surface area contributed by atoms with Crippen molar-refractivity contribution in [3.05, 3.63) is 83.7 Å². The SMILES string of the molecule is Cc1cccc2sc(N(Cc3ccccn3)C(=O)c3ccc(S(=O)(=O)N4CCC(C)CC4)cc3)nc12. The van der Waals surface area contributed by atoms with Gasteiger partial charge in [-0.05, 0) is 73.7 Å². The minimum absolute atomic E-state index is 0.209. The first kappa shape index (κ1) is 24.5. The van der Waals surface area contributed by atoms with Crippen molar-refractivity contribution in [3.63, 3.8) is 0 Å². The van der Waals surface area contributed by atoms with Crippen molar-refractivity contribution < 1.29 is 13.2 Å². The van der Waals surface area contributed by atoms with Crippen molar-refractivity contribution >= 4 is 42.6 Å². The Morgan fingerprint density at radius 2 is 1.81 bits per heavy atom. The van der Waals surface area contributed by atoms with E-state index in [0.717, 1.165) is 34.3 Å². The molecule has 0 atom stereocenters. The summed E-state index contributed by atoms with van der Waals surface area (Å²) in [6.07, 6.45) is 3.42. The Morgan fingerprint density at radius 1 is 1.06 bits per heavy atom. The molecule has 0 aliphatic carbocycles. The molecule has 2 aromatic heterocycles. The Bertz CT molecular complexity index is 1480. The van der Waals surface area contributed by atoms with E-state index >= 15 is 0 Å². The second-order valence-corrected chi connectivity index (χ2v) is 12.2. The van der Waals surface area contributed by atoms with E-state index in [-0.39, 0.29) is 17.3 Å². The predicted octanol–water partition coefficient (Wildman–Crippen LogP) is 5.27. The molecule has 7 nitrogen and oxygen atoms in total. The lowest BCUT2D eigenvalue weighted by molar-refractivity contribution is 0.0984. The number of para-hydroxylation sites is 1.